The summed E-state index contributed by atoms with van der Waals surface area (Å²) in [5, 5.41) is 2.64. The number of benzene rings is 1. The van der Waals surface area contributed by atoms with Crippen molar-refractivity contribution in [1.29, 1.82) is 0 Å². The van der Waals surface area contributed by atoms with Crippen molar-refractivity contribution in [2.24, 2.45) is 23.7 Å². The number of nitrogens with one attached hydrogen (secondary N) is 1. The number of alkyl halides is 2. The third kappa shape index (κ3) is 3.49. The third-order valence-corrected chi connectivity index (χ3v) is 9.64. The maximum atomic E-state index is 13.0. The average molecular weight is 542 g/mol. The largest absolute Gasteiger partial charge is 0.454 e. The Kier molecular flexibility index (Phi) is 5.78. The van der Waals surface area contributed by atoms with E-state index in [9.17, 15) is 19.2 Å². The minimum absolute atomic E-state index is 0.0781. The summed E-state index contributed by atoms with van der Waals surface area (Å²) in [6.45, 7) is 2.92. The molecule has 3 aliphatic rings. The number of fused-ring (bicyclic) bond motifs is 5. The highest BCUT2D eigenvalue weighted by atomic mass is 79.9. The van der Waals surface area contributed by atoms with E-state index < -0.39 is 24.5 Å². The maximum absolute atomic E-state index is 13.0. The van der Waals surface area contributed by atoms with Crippen molar-refractivity contribution < 1.29 is 23.9 Å². The molecule has 30 heavy (non-hydrogen) atoms. The molecule has 9 heteroatoms. The molecule has 4 rings (SSSR count). The summed E-state index contributed by atoms with van der Waals surface area (Å²) in [6.07, 6.45) is 0.824. The lowest BCUT2D eigenvalue weighted by molar-refractivity contribution is -0.159. The number of hydrogen-bond acceptors (Lipinski definition) is 5. The number of carbonyl (C=O) groups excluding carboxylic acids is 4. The second-order valence-electron chi connectivity index (χ2n) is 8.25. The molecule has 1 saturated heterocycles. The van der Waals surface area contributed by atoms with Gasteiger partial charge in [-0.3, -0.25) is 19.3 Å². The zero-order valence-electron chi connectivity index (χ0n) is 16.5. The van der Waals surface area contributed by atoms with E-state index in [4.69, 9.17) is 4.74 Å². The molecule has 0 spiro atoms. The van der Waals surface area contributed by atoms with Crippen LogP contribution in [-0.4, -0.2) is 50.9 Å². The van der Waals surface area contributed by atoms with E-state index in [-0.39, 0.29) is 45.1 Å². The van der Waals surface area contributed by atoms with Gasteiger partial charge in [-0.25, -0.2) is 4.79 Å². The molecule has 2 aliphatic carbocycles. The monoisotopic (exact) mass is 540 g/mol. The van der Waals surface area contributed by atoms with Gasteiger partial charge in [0.2, 0.25) is 11.8 Å². The minimum Gasteiger partial charge on any atom is -0.454 e. The van der Waals surface area contributed by atoms with Crippen LogP contribution in [0.2, 0.25) is 0 Å². The molecule has 1 N–H and O–H groups in total. The van der Waals surface area contributed by atoms with Gasteiger partial charge in [0.05, 0.1) is 11.8 Å². The first-order valence-electron chi connectivity index (χ1n) is 9.89. The fourth-order valence-electron chi connectivity index (χ4n) is 4.95. The van der Waals surface area contributed by atoms with Gasteiger partial charge in [0.15, 0.2) is 6.61 Å². The molecule has 2 bridgehead atoms. The number of carbonyl (C=O) groups is 4. The molecule has 3 amide bonds. The fraction of sp³-hybridized carbons (Fsp3) is 0.524. The first-order valence-corrected chi connectivity index (χ1v) is 11.7. The summed E-state index contributed by atoms with van der Waals surface area (Å²) in [5.41, 5.74) is 1.65. The van der Waals surface area contributed by atoms with Crippen LogP contribution in [0.25, 0.3) is 0 Å². The molecule has 160 valence electrons. The highest BCUT2D eigenvalue weighted by Gasteiger charge is 2.67. The van der Waals surface area contributed by atoms with Gasteiger partial charge in [-0.15, -0.1) is 0 Å². The van der Waals surface area contributed by atoms with Crippen LogP contribution in [0.15, 0.2) is 24.3 Å². The van der Waals surface area contributed by atoms with Gasteiger partial charge in [-0.1, -0.05) is 49.6 Å². The molecule has 7 atom stereocenters. The van der Waals surface area contributed by atoms with Gasteiger partial charge in [0, 0.05) is 15.3 Å². The maximum Gasteiger partial charge on any atom is 0.329 e. The Morgan fingerprint density at radius 1 is 1.10 bits per heavy atom. The lowest BCUT2D eigenvalue weighted by Crippen LogP contribution is -2.45. The number of likely N-dealkylation sites (tertiary alicyclic amines) is 1. The topological polar surface area (TPSA) is 92.8 Å². The third-order valence-electron chi connectivity index (χ3n) is 6.43. The fourth-order valence-corrected chi connectivity index (χ4v) is 6.82. The number of aryl methyl sites for hydroxylation is 1. The lowest BCUT2D eigenvalue weighted by atomic mass is 9.81. The van der Waals surface area contributed by atoms with Crippen molar-refractivity contribution in [2.45, 2.75) is 36.0 Å². The first-order chi connectivity index (χ1) is 14.2. The van der Waals surface area contributed by atoms with Gasteiger partial charge in [-0.2, -0.15) is 0 Å². The summed E-state index contributed by atoms with van der Waals surface area (Å²) in [7, 11) is 0. The molecule has 3 fully saturated rings. The Labute approximate surface area is 191 Å². The minimum atomic E-state index is -1.07. The molecule has 1 heterocycles. The smallest absolute Gasteiger partial charge is 0.329 e. The van der Waals surface area contributed by atoms with Crippen molar-refractivity contribution in [3.63, 3.8) is 0 Å². The van der Waals surface area contributed by atoms with Crippen LogP contribution in [0.5, 0.6) is 0 Å². The van der Waals surface area contributed by atoms with E-state index in [0.717, 1.165) is 16.9 Å². The summed E-state index contributed by atoms with van der Waals surface area (Å²) in [5.74, 6) is -2.50. The van der Waals surface area contributed by atoms with Crippen LogP contribution >= 0.6 is 31.9 Å². The van der Waals surface area contributed by atoms with Crippen LogP contribution in [0.3, 0.4) is 0 Å². The Bertz CT molecular complexity index is 873. The second kappa shape index (κ2) is 8.07. The van der Waals surface area contributed by atoms with E-state index in [1.807, 2.05) is 19.1 Å². The molecular weight excluding hydrogens is 520 g/mol. The Balaban J connectivity index is 1.36. The first kappa shape index (κ1) is 21.5. The molecule has 1 aliphatic heterocycles. The van der Waals surface area contributed by atoms with Crippen molar-refractivity contribution >= 4 is 61.2 Å². The normalized spacial score (nSPS) is 32.9. The Hall–Kier alpha value is -1.74. The molecule has 1 aromatic rings. The van der Waals surface area contributed by atoms with Gasteiger partial charge < -0.3 is 10.1 Å². The number of anilines is 1. The molecule has 7 nitrogen and oxygen atoms in total. The predicted octanol–water partition coefficient (Wildman–Crippen LogP) is 2.64. The molecule has 0 unspecified atom stereocenters. The van der Waals surface area contributed by atoms with Crippen LogP contribution in [0, 0.1) is 30.6 Å². The highest BCUT2D eigenvalue weighted by molar-refractivity contribution is 9.12. The number of ether oxygens (including phenoxy) is 1. The SMILES string of the molecule is Cc1ccc(NC(=O)COC(=O)[C@H](C)N2C(=O)[C@@H]3[C@H]4C[C@@H]([C@H](Br)[C@H]4Br)[C@H]3C2=O)cc1. The zero-order chi connectivity index (χ0) is 21.7. The number of imide groups is 1. The van der Waals surface area contributed by atoms with E-state index in [1.165, 1.54) is 6.92 Å². The molecular formula is C21H22Br2N2O5. The Morgan fingerprint density at radius 3 is 2.17 bits per heavy atom. The van der Waals surface area contributed by atoms with Crippen molar-refractivity contribution in [3.05, 3.63) is 29.8 Å². The van der Waals surface area contributed by atoms with Gasteiger partial charge in [-0.05, 0) is 44.2 Å². The number of esters is 1. The molecule has 2 saturated carbocycles. The Morgan fingerprint density at radius 2 is 1.63 bits per heavy atom. The van der Waals surface area contributed by atoms with Gasteiger partial charge in [0.1, 0.15) is 6.04 Å². The summed E-state index contributed by atoms with van der Waals surface area (Å²) in [4.78, 5) is 51.8. The van der Waals surface area contributed by atoms with Gasteiger partial charge >= 0.3 is 5.97 Å². The molecule has 0 aromatic heterocycles. The number of amides is 3. The van der Waals surface area contributed by atoms with Crippen LogP contribution in [0.1, 0.15) is 18.9 Å². The average Bonchev–Trinajstić information content (AvgIpc) is 3.32. The van der Waals surface area contributed by atoms with Crippen LogP contribution in [-0.2, 0) is 23.9 Å². The van der Waals surface area contributed by atoms with Gasteiger partial charge in [0.25, 0.3) is 5.91 Å². The van der Waals surface area contributed by atoms with E-state index in [2.05, 4.69) is 37.2 Å². The predicted molar refractivity (Wildman–Crippen MR) is 116 cm³/mol. The van der Waals surface area contributed by atoms with E-state index in [0.29, 0.717) is 5.69 Å². The van der Waals surface area contributed by atoms with Crippen molar-refractivity contribution in [1.82, 2.24) is 4.90 Å². The molecule has 0 radical (unpaired) electrons. The lowest BCUT2D eigenvalue weighted by Gasteiger charge is -2.28. The summed E-state index contributed by atoms with van der Waals surface area (Å²) >= 11 is 7.27. The summed E-state index contributed by atoms with van der Waals surface area (Å²) in [6, 6.07) is 6.14. The number of halogens is 2. The van der Waals surface area contributed by atoms with E-state index >= 15 is 0 Å². The van der Waals surface area contributed by atoms with E-state index in [1.54, 1.807) is 12.1 Å². The quantitative estimate of drug-likeness (QED) is 0.351. The van der Waals surface area contributed by atoms with Crippen molar-refractivity contribution in [2.75, 3.05) is 11.9 Å². The molecule has 1 aromatic carbocycles. The number of rotatable bonds is 5. The van der Waals surface area contributed by atoms with Crippen LogP contribution < -0.4 is 5.32 Å². The second-order valence-corrected chi connectivity index (χ2v) is 10.4. The zero-order valence-corrected chi connectivity index (χ0v) is 19.7. The number of hydrogen-bond donors (Lipinski definition) is 1. The standard InChI is InChI=1S/C21H22Br2N2O5/c1-9-3-5-11(6-4-9)24-14(26)8-30-21(29)10(2)25-19(27)15-12-7-13(16(15)20(25)28)18(23)17(12)22/h3-6,10,12-13,15-18H,7-8H2,1-2H3,(H,24,26)/t10-,12+,13+,15+,16+,17-,18-/m0/s1. The highest BCUT2D eigenvalue weighted by Crippen LogP contribution is 2.60. The summed E-state index contributed by atoms with van der Waals surface area (Å²) < 4.78 is 5.09. The van der Waals surface area contributed by atoms with Crippen molar-refractivity contribution in [3.8, 4) is 0 Å². The number of nitrogens with zero attached hydrogens (tertiary/aromatic N) is 1. The van der Waals surface area contributed by atoms with Crippen LogP contribution in [0.4, 0.5) is 5.69 Å².